The first kappa shape index (κ1) is 13.4. The number of urea groups is 1. The maximum absolute atomic E-state index is 11.2. The van der Waals surface area contributed by atoms with Crippen molar-refractivity contribution in [2.24, 2.45) is 0 Å². The highest BCUT2D eigenvalue weighted by molar-refractivity contribution is 6.19. The number of imide groups is 1. The molecule has 1 aromatic rings. The van der Waals surface area contributed by atoms with Gasteiger partial charge in [0, 0.05) is 32.2 Å². The Morgan fingerprint density at radius 1 is 1.47 bits per heavy atom. The third-order valence-electron chi connectivity index (χ3n) is 1.78. The van der Waals surface area contributed by atoms with E-state index < -0.39 is 11.9 Å². The van der Waals surface area contributed by atoms with Crippen molar-refractivity contribution in [3.63, 3.8) is 0 Å². The van der Waals surface area contributed by atoms with Gasteiger partial charge in [-0.25, -0.2) is 4.79 Å². The highest BCUT2D eigenvalue weighted by Crippen LogP contribution is 1.94. The van der Waals surface area contributed by atoms with Crippen molar-refractivity contribution in [3.8, 4) is 0 Å². The van der Waals surface area contributed by atoms with Gasteiger partial charge in [-0.15, -0.1) is 11.6 Å². The number of hydrogen-bond donors (Lipinski definition) is 2. The Balaban J connectivity index is 2.18. The van der Waals surface area contributed by atoms with E-state index in [0.717, 1.165) is 0 Å². The summed E-state index contributed by atoms with van der Waals surface area (Å²) in [7, 11) is 0. The second kappa shape index (κ2) is 6.85. The zero-order valence-corrected chi connectivity index (χ0v) is 10.1. The second-order valence-corrected chi connectivity index (χ2v) is 3.60. The van der Waals surface area contributed by atoms with Crippen molar-refractivity contribution in [1.29, 1.82) is 0 Å². The summed E-state index contributed by atoms with van der Waals surface area (Å²) in [4.78, 5) is 26.1. The number of nitrogens with zero attached hydrogens (tertiary/aromatic N) is 2. The van der Waals surface area contributed by atoms with Gasteiger partial charge in [0.2, 0.25) is 11.8 Å². The number of halogens is 1. The summed E-state index contributed by atoms with van der Waals surface area (Å²) in [5, 5.41) is 8.29. The Morgan fingerprint density at radius 3 is 2.82 bits per heavy atom. The average Bonchev–Trinajstić information content (AvgIpc) is 2.64. The Hall–Kier alpha value is -1.63. The number of hydrogen-bond acceptors (Lipinski definition) is 5. The van der Waals surface area contributed by atoms with Crippen LogP contribution < -0.4 is 10.6 Å². The van der Waals surface area contributed by atoms with Crippen molar-refractivity contribution in [2.45, 2.75) is 19.8 Å². The molecule has 0 aliphatic heterocycles. The molecule has 0 radical (unpaired) electrons. The molecule has 0 bridgehead atoms. The number of aryl methyl sites for hydroxylation is 1. The topological polar surface area (TPSA) is 97.1 Å². The van der Waals surface area contributed by atoms with E-state index in [1.54, 1.807) is 6.92 Å². The van der Waals surface area contributed by atoms with E-state index >= 15 is 0 Å². The van der Waals surface area contributed by atoms with E-state index in [2.05, 4.69) is 20.8 Å². The Kier molecular flexibility index (Phi) is 5.41. The Bertz CT molecular complexity index is 393. The Labute approximate surface area is 103 Å². The van der Waals surface area contributed by atoms with Crippen LogP contribution >= 0.6 is 11.6 Å². The molecule has 0 saturated heterocycles. The van der Waals surface area contributed by atoms with Crippen LogP contribution in [-0.4, -0.2) is 34.5 Å². The monoisotopic (exact) mass is 260 g/mol. The van der Waals surface area contributed by atoms with E-state index in [0.29, 0.717) is 24.7 Å². The average molecular weight is 261 g/mol. The molecule has 0 unspecified atom stereocenters. The van der Waals surface area contributed by atoms with Crippen molar-refractivity contribution in [1.82, 2.24) is 20.8 Å². The fraction of sp³-hybridized carbons (Fsp3) is 0.556. The number of alkyl halides is 1. The van der Waals surface area contributed by atoms with Gasteiger partial charge in [0.05, 0.1) is 0 Å². The number of aromatic nitrogens is 2. The van der Waals surface area contributed by atoms with Crippen molar-refractivity contribution in [3.05, 3.63) is 11.7 Å². The third-order valence-corrected chi connectivity index (χ3v) is 1.97. The molecule has 0 aliphatic carbocycles. The Morgan fingerprint density at radius 2 is 2.24 bits per heavy atom. The van der Waals surface area contributed by atoms with Gasteiger partial charge in [0.1, 0.15) is 0 Å². The fourth-order valence-electron chi connectivity index (χ4n) is 1.05. The molecule has 94 valence electrons. The molecule has 0 aliphatic rings. The van der Waals surface area contributed by atoms with Crippen molar-refractivity contribution < 1.29 is 14.1 Å². The van der Waals surface area contributed by atoms with Gasteiger partial charge < -0.3 is 9.84 Å². The van der Waals surface area contributed by atoms with E-state index in [-0.39, 0.29) is 12.3 Å². The standard InChI is InChI=1S/C9H13ClN4O3/c1-6-12-7(14-17-6)3-5-11-9(16)13-8(15)2-4-10/h2-5H2,1H3,(H2,11,13,15,16). The van der Waals surface area contributed by atoms with Gasteiger partial charge in [-0.1, -0.05) is 5.16 Å². The lowest BCUT2D eigenvalue weighted by Crippen LogP contribution is -2.40. The lowest BCUT2D eigenvalue weighted by molar-refractivity contribution is -0.119. The summed E-state index contributed by atoms with van der Waals surface area (Å²) in [5.74, 6) is 0.755. The lowest BCUT2D eigenvalue weighted by Gasteiger charge is -2.04. The van der Waals surface area contributed by atoms with E-state index in [4.69, 9.17) is 16.1 Å². The maximum atomic E-state index is 11.2. The predicted octanol–water partition coefficient (Wildman–Crippen LogP) is 0.375. The quantitative estimate of drug-likeness (QED) is 0.746. The SMILES string of the molecule is Cc1nc(CCNC(=O)NC(=O)CCCl)no1. The number of carbonyl (C=O) groups excluding carboxylic acids is 2. The first-order chi connectivity index (χ1) is 8.11. The van der Waals surface area contributed by atoms with Gasteiger partial charge >= 0.3 is 6.03 Å². The molecule has 8 heteroatoms. The van der Waals surface area contributed by atoms with E-state index in [1.807, 2.05) is 0 Å². The predicted molar refractivity (Wildman–Crippen MR) is 59.6 cm³/mol. The van der Waals surface area contributed by atoms with Gasteiger partial charge in [-0.2, -0.15) is 4.98 Å². The molecule has 0 fully saturated rings. The molecular weight excluding hydrogens is 248 g/mol. The van der Waals surface area contributed by atoms with Crippen LogP contribution in [0.5, 0.6) is 0 Å². The molecule has 7 nitrogen and oxygen atoms in total. The van der Waals surface area contributed by atoms with Crippen LogP contribution in [0.25, 0.3) is 0 Å². The molecule has 17 heavy (non-hydrogen) atoms. The van der Waals surface area contributed by atoms with Crippen LogP contribution in [0.15, 0.2) is 4.52 Å². The summed E-state index contributed by atoms with van der Waals surface area (Å²) >= 11 is 5.35. The summed E-state index contributed by atoms with van der Waals surface area (Å²) in [6.07, 6.45) is 0.549. The number of nitrogens with one attached hydrogen (secondary N) is 2. The van der Waals surface area contributed by atoms with Crippen molar-refractivity contribution >= 4 is 23.5 Å². The maximum Gasteiger partial charge on any atom is 0.321 e. The molecule has 1 rings (SSSR count). The minimum atomic E-state index is -0.555. The smallest absolute Gasteiger partial charge is 0.321 e. The largest absolute Gasteiger partial charge is 0.340 e. The van der Waals surface area contributed by atoms with Crippen molar-refractivity contribution in [2.75, 3.05) is 12.4 Å². The van der Waals surface area contributed by atoms with E-state index in [1.165, 1.54) is 0 Å². The van der Waals surface area contributed by atoms with Crippen LogP contribution in [0.4, 0.5) is 4.79 Å². The molecule has 0 atom stereocenters. The molecule has 2 N–H and O–H groups in total. The molecule has 0 saturated carbocycles. The van der Waals surface area contributed by atoms with Crippen LogP contribution in [-0.2, 0) is 11.2 Å². The first-order valence-electron chi connectivity index (χ1n) is 5.04. The molecule has 1 heterocycles. The number of carbonyl (C=O) groups is 2. The minimum Gasteiger partial charge on any atom is -0.340 e. The zero-order valence-electron chi connectivity index (χ0n) is 9.33. The van der Waals surface area contributed by atoms with Gasteiger partial charge in [-0.05, 0) is 0 Å². The number of rotatable bonds is 5. The summed E-state index contributed by atoms with van der Waals surface area (Å²) < 4.78 is 4.76. The highest BCUT2D eigenvalue weighted by atomic mass is 35.5. The molecule has 0 spiro atoms. The molecule has 1 aromatic heterocycles. The summed E-state index contributed by atoms with van der Waals surface area (Å²) in [5.41, 5.74) is 0. The highest BCUT2D eigenvalue weighted by Gasteiger charge is 2.07. The van der Waals surface area contributed by atoms with Crippen LogP contribution in [0.1, 0.15) is 18.1 Å². The normalized spacial score (nSPS) is 10.0. The summed E-state index contributed by atoms with van der Waals surface area (Å²) in [6, 6.07) is -0.555. The van der Waals surface area contributed by atoms with Crippen LogP contribution in [0.3, 0.4) is 0 Å². The molecule has 3 amide bonds. The van der Waals surface area contributed by atoms with Gasteiger partial charge in [0.25, 0.3) is 0 Å². The van der Waals surface area contributed by atoms with Crippen LogP contribution in [0.2, 0.25) is 0 Å². The first-order valence-corrected chi connectivity index (χ1v) is 5.58. The number of amides is 3. The second-order valence-electron chi connectivity index (χ2n) is 3.22. The third kappa shape index (κ3) is 5.30. The van der Waals surface area contributed by atoms with Gasteiger partial charge in [0.15, 0.2) is 5.82 Å². The summed E-state index contributed by atoms with van der Waals surface area (Å²) in [6.45, 7) is 2.00. The molecular formula is C9H13ClN4O3. The lowest BCUT2D eigenvalue weighted by atomic mass is 10.4. The van der Waals surface area contributed by atoms with Gasteiger partial charge in [-0.3, -0.25) is 10.1 Å². The molecule has 0 aromatic carbocycles. The van der Waals surface area contributed by atoms with Crippen LogP contribution in [0, 0.1) is 6.92 Å². The fourth-order valence-corrected chi connectivity index (χ4v) is 1.22. The zero-order chi connectivity index (χ0) is 12.7. The minimum absolute atomic E-state index is 0.110. The van der Waals surface area contributed by atoms with E-state index in [9.17, 15) is 9.59 Å².